The number of unbranched alkanes of at least 4 members (excludes halogenated alkanes) is 1. The monoisotopic (exact) mass is 813 g/mol. The summed E-state index contributed by atoms with van der Waals surface area (Å²) in [5.41, 5.74) is 13.2. The molecule has 0 saturated heterocycles. The Hall–Kier alpha value is -3.26. The molecular formula is C57H100N2. The van der Waals surface area contributed by atoms with Crippen LogP contribution in [0.4, 0.5) is 0 Å². The summed E-state index contributed by atoms with van der Waals surface area (Å²) in [7, 11) is 0. The number of nitrogens with zero attached hydrogens (tertiary/aromatic N) is 2. The number of hydrogen-bond donors (Lipinski definition) is 0. The fraction of sp³-hybridized carbons (Fsp3) is 0.614. The van der Waals surface area contributed by atoms with Crippen LogP contribution in [0, 0.1) is 84.5 Å². The summed E-state index contributed by atoms with van der Waals surface area (Å²) in [5, 5.41) is 0. The summed E-state index contributed by atoms with van der Waals surface area (Å²) >= 11 is 0. The van der Waals surface area contributed by atoms with Gasteiger partial charge >= 0.3 is 0 Å². The molecule has 0 bridgehead atoms. The van der Waals surface area contributed by atoms with E-state index < -0.39 is 0 Å². The van der Waals surface area contributed by atoms with E-state index in [9.17, 15) is 0 Å². The van der Waals surface area contributed by atoms with Crippen LogP contribution in [-0.2, 0) is 0 Å². The average Bonchev–Trinajstić information content (AvgIpc) is 3.15. The molecule has 338 valence electrons. The number of rotatable bonds is 2. The van der Waals surface area contributed by atoms with Crippen molar-refractivity contribution in [3.8, 4) is 0 Å². The van der Waals surface area contributed by atoms with Crippen molar-refractivity contribution in [2.75, 3.05) is 0 Å². The SMILES string of the molecule is CC.CC1CC(C)(C)C1.CCC(C)(C)C.CCCC.CCCC(C)(C)C.Cc1ccc(C)cc1.Cc1ccc(C)nc1.Cc1ccc(C)nc1.Cc1cccc(C)c1C. The normalized spacial score (nSPS) is 12.0. The first kappa shape index (κ1) is 62.4. The minimum atomic E-state index is 0.542. The minimum Gasteiger partial charge on any atom is -0.261 e. The second-order valence-corrected chi connectivity index (χ2v) is 19.5. The van der Waals surface area contributed by atoms with E-state index in [4.69, 9.17) is 0 Å². The van der Waals surface area contributed by atoms with E-state index in [1.165, 1.54) is 83.9 Å². The Kier molecular flexibility index (Phi) is 37.5. The molecule has 0 aliphatic heterocycles. The van der Waals surface area contributed by atoms with Crippen molar-refractivity contribution in [2.45, 2.75) is 211 Å². The number of aromatic nitrogens is 2. The molecule has 0 radical (unpaired) electrons. The lowest BCUT2D eigenvalue weighted by Gasteiger charge is -2.40. The molecule has 1 aliphatic carbocycles. The lowest BCUT2D eigenvalue weighted by molar-refractivity contribution is 0.111. The predicted octanol–water partition coefficient (Wildman–Crippen LogP) is 18.9. The molecule has 1 fully saturated rings. The lowest BCUT2D eigenvalue weighted by Crippen LogP contribution is -2.29. The third kappa shape index (κ3) is 44.1. The average molecular weight is 813 g/mol. The van der Waals surface area contributed by atoms with Crippen molar-refractivity contribution in [3.63, 3.8) is 0 Å². The number of hydrogen-bond acceptors (Lipinski definition) is 2. The Balaban J connectivity index is -0.000000293. The maximum absolute atomic E-state index is 4.08. The summed E-state index contributed by atoms with van der Waals surface area (Å²) in [6.07, 6.45) is 13.2. The van der Waals surface area contributed by atoms with Crippen molar-refractivity contribution in [1.82, 2.24) is 9.97 Å². The molecule has 2 heteroatoms. The van der Waals surface area contributed by atoms with E-state index in [0.717, 1.165) is 17.3 Å². The highest BCUT2D eigenvalue weighted by Gasteiger charge is 2.32. The van der Waals surface area contributed by atoms with E-state index in [0.29, 0.717) is 16.2 Å². The minimum absolute atomic E-state index is 0.542. The second kappa shape index (κ2) is 35.5. The van der Waals surface area contributed by atoms with Gasteiger partial charge in [0.25, 0.3) is 0 Å². The number of benzene rings is 2. The van der Waals surface area contributed by atoms with Gasteiger partial charge in [-0.1, -0.05) is 195 Å². The summed E-state index contributed by atoms with van der Waals surface area (Å²) in [5.74, 6) is 1.01. The van der Waals surface area contributed by atoms with Gasteiger partial charge in [0.05, 0.1) is 0 Å². The van der Waals surface area contributed by atoms with E-state index in [1.54, 1.807) is 0 Å². The fourth-order valence-corrected chi connectivity index (χ4v) is 5.20. The molecule has 0 spiro atoms. The van der Waals surface area contributed by atoms with Gasteiger partial charge in [0.2, 0.25) is 0 Å². The molecule has 1 saturated carbocycles. The van der Waals surface area contributed by atoms with Gasteiger partial charge in [-0.25, -0.2) is 0 Å². The van der Waals surface area contributed by atoms with Gasteiger partial charge in [0.1, 0.15) is 0 Å². The van der Waals surface area contributed by atoms with Gasteiger partial charge in [-0.2, -0.15) is 0 Å². The van der Waals surface area contributed by atoms with E-state index in [2.05, 4.69) is 189 Å². The zero-order chi connectivity index (χ0) is 46.8. The third-order valence-electron chi connectivity index (χ3n) is 9.57. The number of aryl methyl sites for hydroxylation is 8. The van der Waals surface area contributed by atoms with Crippen molar-refractivity contribution >= 4 is 0 Å². The maximum Gasteiger partial charge on any atom is 0.0372 e. The Bertz CT molecular complexity index is 1290. The summed E-state index contributed by atoms with van der Waals surface area (Å²) < 4.78 is 0. The lowest BCUT2D eigenvalue weighted by atomic mass is 9.65. The zero-order valence-electron chi connectivity index (χ0n) is 43.9. The molecule has 0 unspecified atom stereocenters. The van der Waals surface area contributed by atoms with Crippen LogP contribution in [0.3, 0.4) is 0 Å². The van der Waals surface area contributed by atoms with Crippen LogP contribution in [-0.4, -0.2) is 9.97 Å². The summed E-state index contributed by atoms with van der Waals surface area (Å²) in [6, 6.07) is 23.0. The smallest absolute Gasteiger partial charge is 0.0372 e. The van der Waals surface area contributed by atoms with Crippen LogP contribution >= 0.6 is 0 Å². The van der Waals surface area contributed by atoms with Gasteiger partial charge in [0.15, 0.2) is 0 Å². The highest BCUT2D eigenvalue weighted by molar-refractivity contribution is 5.31. The van der Waals surface area contributed by atoms with Gasteiger partial charge in [0, 0.05) is 23.8 Å². The fourth-order valence-electron chi connectivity index (χ4n) is 5.20. The Labute approximate surface area is 371 Å². The highest BCUT2D eigenvalue weighted by Crippen LogP contribution is 2.44. The Morgan fingerprint density at radius 2 is 0.831 bits per heavy atom. The maximum atomic E-state index is 4.08. The molecule has 59 heavy (non-hydrogen) atoms. The van der Waals surface area contributed by atoms with Crippen LogP contribution in [0.1, 0.15) is 199 Å². The first-order valence-corrected chi connectivity index (χ1v) is 23.1. The Morgan fingerprint density at radius 1 is 0.508 bits per heavy atom. The van der Waals surface area contributed by atoms with Gasteiger partial charge in [-0.3, -0.25) is 9.97 Å². The molecule has 1 aliphatic rings. The van der Waals surface area contributed by atoms with E-state index >= 15 is 0 Å². The molecule has 2 aromatic heterocycles. The largest absolute Gasteiger partial charge is 0.261 e. The first-order valence-electron chi connectivity index (χ1n) is 23.1. The highest BCUT2D eigenvalue weighted by atomic mass is 14.7. The molecule has 0 amide bonds. The van der Waals surface area contributed by atoms with Crippen LogP contribution in [0.25, 0.3) is 0 Å². The first-order chi connectivity index (χ1) is 27.2. The molecule has 2 nitrogen and oxygen atoms in total. The summed E-state index contributed by atoms with van der Waals surface area (Å²) in [4.78, 5) is 8.16. The molecule has 2 aromatic carbocycles. The van der Waals surface area contributed by atoms with Crippen molar-refractivity contribution in [1.29, 1.82) is 0 Å². The van der Waals surface area contributed by atoms with Crippen LogP contribution < -0.4 is 0 Å². The van der Waals surface area contributed by atoms with Crippen LogP contribution in [0.5, 0.6) is 0 Å². The quantitative estimate of drug-likeness (QED) is 0.201. The molecule has 0 N–H and O–H groups in total. The second-order valence-electron chi connectivity index (χ2n) is 19.5. The van der Waals surface area contributed by atoms with Crippen molar-refractivity contribution < 1.29 is 0 Å². The van der Waals surface area contributed by atoms with Crippen molar-refractivity contribution in [2.24, 2.45) is 22.2 Å². The van der Waals surface area contributed by atoms with Gasteiger partial charge in [-0.05, 0) is 144 Å². The van der Waals surface area contributed by atoms with Crippen LogP contribution in [0.15, 0.2) is 79.1 Å². The third-order valence-corrected chi connectivity index (χ3v) is 9.57. The predicted molar refractivity (Wildman–Crippen MR) is 272 cm³/mol. The number of pyridine rings is 2. The van der Waals surface area contributed by atoms with Gasteiger partial charge < -0.3 is 0 Å². The van der Waals surface area contributed by atoms with Crippen molar-refractivity contribution in [3.05, 3.63) is 129 Å². The van der Waals surface area contributed by atoms with Gasteiger partial charge in [-0.15, -0.1) is 0 Å². The topological polar surface area (TPSA) is 25.8 Å². The molecule has 2 heterocycles. The van der Waals surface area contributed by atoms with E-state index in [-0.39, 0.29) is 0 Å². The standard InChI is InChI=1S/C9H12.C8H10.2C7H9N.C7H14.C7H16.C6H14.C4H10.C2H6/c1-7-5-4-6-8(2)9(7)3;1-7-3-5-8(2)6-4-7;2*1-6-3-4-7(2)8-5-6;1-6-4-7(2,3)5-6;1-5-6-7(2,3)4;1-5-6(2,3)4;1-3-4-2;1-2/h4-6H,1-3H3;3-6H,1-2H3;2*3-5H,1-2H3;6H,4-5H2,1-3H3;5-6H2,1-4H3;5H2,1-4H3;3-4H2,1-2H3;1-2H3. The zero-order valence-corrected chi connectivity index (χ0v) is 43.9. The summed E-state index contributed by atoms with van der Waals surface area (Å²) in [6.45, 7) is 52.0. The van der Waals surface area contributed by atoms with Crippen LogP contribution in [0.2, 0.25) is 0 Å². The Morgan fingerprint density at radius 3 is 0.966 bits per heavy atom. The molecule has 0 atom stereocenters. The molecular weight excluding hydrogens is 713 g/mol. The molecule has 5 rings (SSSR count). The molecule has 4 aromatic rings. The van der Waals surface area contributed by atoms with E-state index in [1.807, 2.05) is 66.1 Å².